The lowest BCUT2D eigenvalue weighted by atomic mass is 10.3. The van der Waals surface area contributed by atoms with Crippen molar-refractivity contribution in [2.75, 3.05) is 30.0 Å². The number of nitrogens with zero attached hydrogens (tertiary/aromatic N) is 3. The molecule has 0 aromatic carbocycles. The summed E-state index contributed by atoms with van der Waals surface area (Å²) >= 11 is 2.01. The van der Waals surface area contributed by atoms with Crippen LogP contribution in [0.3, 0.4) is 0 Å². The molecule has 1 N–H and O–H groups in total. The monoisotopic (exact) mass is 252 g/mol. The largest absolute Gasteiger partial charge is 0.336 e. The summed E-state index contributed by atoms with van der Waals surface area (Å²) in [5, 5.41) is 3.14. The summed E-state index contributed by atoms with van der Waals surface area (Å²) in [7, 11) is 1.94. The Bertz CT molecular complexity index is 383. The van der Waals surface area contributed by atoms with Gasteiger partial charge in [-0.25, -0.2) is 9.97 Å². The minimum Gasteiger partial charge on any atom is -0.336 e. The lowest BCUT2D eigenvalue weighted by Crippen LogP contribution is -2.41. The molecule has 1 fully saturated rings. The number of hydrogen-bond donors (Lipinski definition) is 1. The van der Waals surface area contributed by atoms with Crippen LogP contribution in [-0.4, -0.2) is 41.1 Å². The Labute approximate surface area is 107 Å². The number of hydrogen-bond acceptors (Lipinski definition) is 5. The third-order valence-electron chi connectivity index (χ3n) is 2.88. The van der Waals surface area contributed by atoms with Crippen LogP contribution in [-0.2, 0) is 6.54 Å². The van der Waals surface area contributed by atoms with Crippen LogP contribution in [0.1, 0.15) is 18.3 Å². The van der Waals surface area contributed by atoms with Gasteiger partial charge in [-0.2, -0.15) is 11.8 Å². The molecular formula is C12H20N4S. The Morgan fingerprint density at radius 2 is 2.35 bits per heavy atom. The molecule has 0 spiro atoms. The Hall–Kier alpha value is -0.810. The van der Waals surface area contributed by atoms with E-state index in [9.17, 15) is 0 Å². The molecule has 1 aromatic heterocycles. The molecule has 17 heavy (non-hydrogen) atoms. The molecule has 0 saturated carbocycles. The minimum atomic E-state index is 0.526. The zero-order chi connectivity index (χ0) is 12.3. The van der Waals surface area contributed by atoms with Gasteiger partial charge in [0.2, 0.25) is 5.95 Å². The summed E-state index contributed by atoms with van der Waals surface area (Å²) in [4.78, 5) is 11.5. The molecule has 2 heterocycles. The zero-order valence-corrected chi connectivity index (χ0v) is 11.5. The second-order valence-corrected chi connectivity index (χ2v) is 5.60. The number of nitrogens with one attached hydrogen (secondary N) is 1. The van der Waals surface area contributed by atoms with Crippen LogP contribution < -0.4 is 10.2 Å². The van der Waals surface area contributed by atoms with E-state index >= 15 is 0 Å². The van der Waals surface area contributed by atoms with Gasteiger partial charge in [0.15, 0.2) is 0 Å². The number of aromatic nitrogens is 2. The van der Waals surface area contributed by atoms with Gasteiger partial charge < -0.3 is 10.2 Å². The van der Waals surface area contributed by atoms with E-state index in [1.54, 1.807) is 0 Å². The maximum Gasteiger partial charge on any atom is 0.226 e. The summed E-state index contributed by atoms with van der Waals surface area (Å²) in [6.07, 6.45) is 0. The van der Waals surface area contributed by atoms with Gasteiger partial charge in [0.25, 0.3) is 0 Å². The van der Waals surface area contributed by atoms with E-state index in [-0.39, 0.29) is 0 Å². The predicted octanol–water partition coefficient (Wildman–Crippen LogP) is 1.45. The Morgan fingerprint density at radius 3 is 3.06 bits per heavy atom. The quantitative estimate of drug-likeness (QED) is 0.882. The third kappa shape index (κ3) is 3.10. The summed E-state index contributed by atoms with van der Waals surface area (Å²) in [5.41, 5.74) is 2.12. The summed E-state index contributed by atoms with van der Waals surface area (Å²) in [5.74, 6) is 3.23. The van der Waals surface area contributed by atoms with Crippen molar-refractivity contribution in [1.29, 1.82) is 0 Å². The van der Waals surface area contributed by atoms with Crippen LogP contribution in [0.4, 0.5) is 5.95 Å². The Balaban J connectivity index is 2.24. The highest BCUT2D eigenvalue weighted by Crippen LogP contribution is 2.21. The lowest BCUT2D eigenvalue weighted by molar-refractivity contribution is 0.668. The highest BCUT2D eigenvalue weighted by molar-refractivity contribution is 7.99. The van der Waals surface area contributed by atoms with Gasteiger partial charge in [-0.05, 0) is 27.0 Å². The van der Waals surface area contributed by atoms with E-state index in [1.807, 2.05) is 31.8 Å². The lowest BCUT2D eigenvalue weighted by Gasteiger charge is -2.33. The fraction of sp³-hybridized carbons (Fsp3) is 0.667. The van der Waals surface area contributed by atoms with Gasteiger partial charge in [-0.15, -0.1) is 0 Å². The van der Waals surface area contributed by atoms with Crippen LogP contribution in [0.25, 0.3) is 0 Å². The number of thioether (sulfide) groups is 1. The molecule has 4 nitrogen and oxygen atoms in total. The molecule has 0 aliphatic carbocycles. The number of rotatable bonds is 3. The molecule has 0 radical (unpaired) electrons. The molecule has 1 aromatic rings. The fourth-order valence-corrected chi connectivity index (χ4v) is 3.05. The fourth-order valence-electron chi connectivity index (χ4n) is 2.04. The van der Waals surface area contributed by atoms with Crippen molar-refractivity contribution in [2.45, 2.75) is 26.4 Å². The van der Waals surface area contributed by atoms with Crippen molar-refractivity contribution in [1.82, 2.24) is 15.3 Å². The zero-order valence-electron chi connectivity index (χ0n) is 10.7. The molecule has 94 valence electrons. The van der Waals surface area contributed by atoms with Crippen LogP contribution in [0.15, 0.2) is 6.07 Å². The highest BCUT2D eigenvalue weighted by atomic mass is 32.2. The van der Waals surface area contributed by atoms with Gasteiger partial charge in [0.1, 0.15) is 0 Å². The van der Waals surface area contributed by atoms with Crippen molar-refractivity contribution in [2.24, 2.45) is 0 Å². The first-order valence-corrected chi connectivity index (χ1v) is 7.19. The van der Waals surface area contributed by atoms with Crippen LogP contribution in [0.2, 0.25) is 0 Å². The minimum absolute atomic E-state index is 0.526. The first-order valence-electron chi connectivity index (χ1n) is 6.04. The summed E-state index contributed by atoms with van der Waals surface area (Å²) in [6, 6.07) is 2.57. The number of aryl methyl sites for hydroxylation is 1. The summed E-state index contributed by atoms with van der Waals surface area (Å²) in [6.45, 7) is 6.13. The van der Waals surface area contributed by atoms with E-state index in [0.717, 1.165) is 30.4 Å². The first-order chi connectivity index (χ1) is 8.20. The number of anilines is 1. The van der Waals surface area contributed by atoms with Crippen LogP contribution in [0, 0.1) is 6.92 Å². The molecule has 1 aliphatic heterocycles. The third-order valence-corrected chi connectivity index (χ3v) is 4.07. The molecule has 0 bridgehead atoms. The van der Waals surface area contributed by atoms with E-state index in [1.165, 1.54) is 11.5 Å². The van der Waals surface area contributed by atoms with Crippen molar-refractivity contribution < 1.29 is 0 Å². The molecule has 1 atom stereocenters. The van der Waals surface area contributed by atoms with Crippen molar-refractivity contribution >= 4 is 17.7 Å². The van der Waals surface area contributed by atoms with E-state index in [4.69, 9.17) is 0 Å². The standard InChI is InChI=1S/C12H20N4S/c1-9-6-11(7-13-3)15-12(14-9)16-4-5-17-8-10(16)2/h6,10,13H,4-5,7-8H2,1-3H3. The van der Waals surface area contributed by atoms with Crippen molar-refractivity contribution in [3.63, 3.8) is 0 Å². The smallest absolute Gasteiger partial charge is 0.226 e. The first kappa shape index (κ1) is 12.6. The molecule has 1 unspecified atom stereocenters. The highest BCUT2D eigenvalue weighted by Gasteiger charge is 2.21. The average molecular weight is 252 g/mol. The molecule has 2 rings (SSSR count). The summed E-state index contributed by atoms with van der Waals surface area (Å²) < 4.78 is 0. The van der Waals surface area contributed by atoms with Gasteiger partial charge in [0.05, 0.1) is 5.69 Å². The van der Waals surface area contributed by atoms with Gasteiger partial charge in [0, 0.05) is 36.3 Å². The average Bonchev–Trinajstić information content (AvgIpc) is 2.29. The molecule has 1 aliphatic rings. The second kappa shape index (κ2) is 5.69. The molecular weight excluding hydrogens is 232 g/mol. The van der Waals surface area contributed by atoms with E-state index in [0.29, 0.717) is 6.04 Å². The maximum atomic E-state index is 4.64. The SMILES string of the molecule is CNCc1cc(C)nc(N2CCSCC2C)n1. The van der Waals surface area contributed by atoms with Crippen molar-refractivity contribution in [3.05, 3.63) is 17.5 Å². The topological polar surface area (TPSA) is 41.1 Å². The predicted molar refractivity (Wildman–Crippen MR) is 73.7 cm³/mol. The van der Waals surface area contributed by atoms with Gasteiger partial charge >= 0.3 is 0 Å². The molecule has 1 saturated heterocycles. The second-order valence-electron chi connectivity index (χ2n) is 4.45. The molecule has 0 amide bonds. The van der Waals surface area contributed by atoms with Crippen LogP contribution in [0.5, 0.6) is 0 Å². The normalized spacial score (nSPS) is 20.6. The van der Waals surface area contributed by atoms with E-state index < -0.39 is 0 Å². The Kier molecular flexibility index (Phi) is 4.23. The maximum absolute atomic E-state index is 4.64. The van der Waals surface area contributed by atoms with Gasteiger partial charge in [-0.3, -0.25) is 0 Å². The van der Waals surface area contributed by atoms with Gasteiger partial charge in [-0.1, -0.05) is 0 Å². The van der Waals surface area contributed by atoms with E-state index in [2.05, 4.69) is 27.1 Å². The van der Waals surface area contributed by atoms with Crippen molar-refractivity contribution in [3.8, 4) is 0 Å². The van der Waals surface area contributed by atoms with Crippen LogP contribution >= 0.6 is 11.8 Å². The molecule has 5 heteroatoms. The Morgan fingerprint density at radius 1 is 1.53 bits per heavy atom.